The zero-order chi connectivity index (χ0) is 7.98. The molecule has 3 N–H and O–H groups in total. The van der Waals surface area contributed by atoms with Crippen molar-refractivity contribution >= 4 is 11.8 Å². The fourth-order valence-corrected chi connectivity index (χ4v) is 1.29. The van der Waals surface area contributed by atoms with Crippen molar-refractivity contribution in [2.45, 2.75) is 25.5 Å². The topological polar surface area (TPSA) is 52.5 Å². The summed E-state index contributed by atoms with van der Waals surface area (Å²) in [5, 5.41) is 20.3. The van der Waals surface area contributed by atoms with Gasteiger partial charge in [0.05, 0.1) is 0 Å². The average Bonchev–Trinajstić information content (AvgIpc) is 2.00. The van der Waals surface area contributed by atoms with Gasteiger partial charge in [0.2, 0.25) is 0 Å². The summed E-state index contributed by atoms with van der Waals surface area (Å²) >= 11 is 1.37. The molecule has 1 aliphatic heterocycles. The van der Waals surface area contributed by atoms with Crippen LogP contribution in [0.5, 0.6) is 0 Å². The Balaban J connectivity index is 0.000000371. The number of aliphatic hydroxyl groups is 2. The Morgan fingerprint density at radius 1 is 1.40 bits per heavy atom. The number of hydrogen-bond acceptors (Lipinski definition) is 4. The van der Waals surface area contributed by atoms with Crippen molar-refractivity contribution in [3.05, 3.63) is 0 Å². The molecule has 1 saturated heterocycles. The number of aliphatic hydroxyl groups excluding tert-OH is 2. The standard InChI is InChI=1S/C4H9NO2S.C2H6/c6-3-2-8-4(7)1-5-3;1-2/h3-7H,1-2H2;1-2H3. The summed E-state index contributed by atoms with van der Waals surface area (Å²) in [6.07, 6.45) is -0.427. The largest absolute Gasteiger partial charge is 0.381 e. The Morgan fingerprint density at radius 3 is 2.30 bits per heavy atom. The van der Waals surface area contributed by atoms with E-state index in [9.17, 15) is 0 Å². The molecule has 0 amide bonds. The van der Waals surface area contributed by atoms with Gasteiger partial charge in [0.15, 0.2) is 0 Å². The molecule has 62 valence electrons. The molecular weight excluding hydrogens is 150 g/mol. The maximum Gasteiger partial charge on any atom is 0.114 e. The highest BCUT2D eigenvalue weighted by atomic mass is 32.2. The first-order valence-electron chi connectivity index (χ1n) is 3.50. The molecule has 0 spiro atoms. The van der Waals surface area contributed by atoms with Gasteiger partial charge in [-0.1, -0.05) is 13.8 Å². The summed E-state index contributed by atoms with van der Waals surface area (Å²) in [7, 11) is 0. The van der Waals surface area contributed by atoms with Crippen molar-refractivity contribution in [2.75, 3.05) is 12.3 Å². The predicted molar refractivity (Wildman–Crippen MR) is 43.8 cm³/mol. The van der Waals surface area contributed by atoms with Crippen molar-refractivity contribution in [2.24, 2.45) is 0 Å². The Labute approximate surface area is 65.8 Å². The normalized spacial score (nSPS) is 32.4. The van der Waals surface area contributed by atoms with Gasteiger partial charge in [-0.25, -0.2) is 0 Å². The van der Waals surface area contributed by atoms with Gasteiger partial charge in [-0.05, 0) is 0 Å². The monoisotopic (exact) mass is 165 g/mol. The van der Waals surface area contributed by atoms with Crippen molar-refractivity contribution in [3.8, 4) is 0 Å². The molecular formula is C6H15NO2S. The van der Waals surface area contributed by atoms with Gasteiger partial charge in [0, 0.05) is 12.3 Å². The molecule has 4 heteroatoms. The maximum absolute atomic E-state index is 8.82. The van der Waals surface area contributed by atoms with E-state index in [1.807, 2.05) is 13.8 Å². The van der Waals surface area contributed by atoms with E-state index >= 15 is 0 Å². The van der Waals surface area contributed by atoms with Crippen LogP contribution >= 0.6 is 11.8 Å². The van der Waals surface area contributed by atoms with Gasteiger partial charge in [-0.15, -0.1) is 11.8 Å². The molecule has 2 unspecified atom stereocenters. The van der Waals surface area contributed by atoms with Crippen molar-refractivity contribution < 1.29 is 10.2 Å². The highest BCUT2D eigenvalue weighted by Gasteiger charge is 2.15. The first-order chi connectivity index (χ1) is 4.79. The Bertz CT molecular complexity index is 64.1. The summed E-state index contributed by atoms with van der Waals surface area (Å²) in [6.45, 7) is 4.49. The zero-order valence-electron chi connectivity index (χ0n) is 6.37. The van der Waals surface area contributed by atoms with Crippen molar-refractivity contribution in [1.82, 2.24) is 5.32 Å². The van der Waals surface area contributed by atoms with Gasteiger partial charge in [-0.3, -0.25) is 5.32 Å². The second kappa shape index (κ2) is 5.97. The lowest BCUT2D eigenvalue weighted by molar-refractivity contribution is 0.133. The van der Waals surface area contributed by atoms with Gasteiger partial charge in [0.1, 0.15) is 11.7 Å². The fraction of sp³-hybridized carbons (Fsp3) is 1.00. The summed E-state index contributed by atoms with van der Waals surface area (Å²) in [5.74, 6) is 0.584. The maximum atomic E-state index is 8.82. The fourth-order valence-electron chi connectivity index (χ4n) is 0.557. The minimum Gasteiger partial charge on any atom is -0.381 e. The molecule has 0 saturated carbocycles. The third kappa shape index (κ3) is 4.11. The smallest absolute Gasteiger partial charge is 0.114 e. The molecule has 1 heterocycles. The molecule has 10 heavy (non-hydrogen) atoms. The van der Waals surface area contributed by atoms with Crippen molar-refractivity contribution in [3.63, 3.8) is 0 Å². The summed E-state index contributed by atoms with van der Waals surface area (Å²) in [4.78, 5) is 0. The van der Waals surface area contributed by atoms with E-state index in [4.69, 9.17) is 10.2 Å². The van der Waals surface area contributed by atoms with Crippen molar-refractivity contribution in [1.29, 1.82) is 0 Å². The first-order valence-corrected chi connectivity index (χ1v) is 4.55. The van der Waals surface area contributed by atoms with E-state index in [-0.39, 0.29) is 5.44 Å². The van der Waals surface area contributed by atoms with E-state index in [2.05, 4.69) is 5.32 Å². The molecule has 0 aromatic carbocycles. The second-order valence-corrected chi connectivity index (χ2v) is 2.92. The van der Waals surface area contributed by atoms with Crippen LogP contribution in [0, 0.1) is 0 Å². The average molecular weight is 165 g/mol. The molecule has 0 aliphatic carbocycles. The number of β-amino-alcohol motifs (C(OH)–C–C–N with tert-alkyl or cyclic N) is 1. The Hall–Kier alpha value is 0.230. The van der Waals surface area contributed by atoms with Gasteiger partial charge in [-0.2, -0.15) is 0 Å². The molecule has 1 aliphatic rings. The lowest BCUT2D eigenvalue weighted by Gasteiger charge is -2.21. The van der Waals surface area contributed by atoms with E-state index < -0.39 is 6.23 Å². The van der Waals surface area contributed by atoms with Crippen LogP contribution in [0.25, 0.3) is 0 Å². The van der Waals surface area contributed by atoms with Gasteiger partial charge >= 0.3 is 0 Å². The second-order valence-electron chi connectivity index (χ2n) is 1.71. The highest BCUT2D eigenvalue weighted by molar-refractivity contribution is 7.99. The molecule has 3 nitrogen and oxygen atoms in total. The predicted octanol–water partition coefficient (Wildman–Crippen LogP) is -0.0142. The summed E-state index contributed by atoms with van der Waals surface area (Å²) in [6, 6.07) is 0. The minimum absolute atomic E-state index is 0.335. The van der Waals surface area contributed by atoms with E-state index in [1.165, 1.54) is 11.8 Å². The SMILES string of the molecule is CC.OC1CSC(O)CN1. The molecule has 0 radical (unpaired) electrons. The summed E-state index contributed by atoms with van der Waals surface area (Å²) in [5.41, 5.74) is -0.335. The number of rotatable bonds is 0. The van der Waals surface area contributed by atoms with E-state index in [0.717, 1.165) is 0 Å². The van der Waals surface area contributed by atoms with E-state index in [1.54, 1.807) is 0 Å². The molecule has 0 aromatic rings. The van der Waals surface area contributed by atoms with Crippen LogP contribution < -0.4 is 5.32 Å². The summed E-state index contributed by atoms with van der Waals surface area (Å²) < 4.78 is 0. The lowest BCUT2D eigenvalue weighted by Crippen LogP contribution is -2.41. The molecule has 0 bridgehead atoms. The number of nitrogens with one attached hydrogen (secondary N) is 1. The number of hydrogen-bond donors (Lipinski definition) is 3. The quantitative estimate of drug-likeness (QED) is 0.472. The van der Waals surface area contributed by atoms with Gasteiger partial charge < -0.3 is 10.2 Å². The highest BCUT2D eigenvalue weighted by Crippen LogP contribution is 2.11. The van der Waals surface area contributed by atoms with Crippen LogP contribution in [0.3, 0.4) is 0 Å². The van der Waals surface area contributed by atoms with Crippen LogP contribution in [0.1, 0.15) is 13.8 Å². The van der Waals surface area contributed by atoms with E-state index in [0.29, 0.717) is 12.3 Å². The van der Waals surface area contributed by atoms with Gasteiger partial charge in [0.25, 0.3) is 0 Å². The Kier molecular flexibility index (Phi) is 6.11. The third-order valence-corrected chi connectivity index (χ3v) is 2.03. The lowest BCUT2D eigenvalue weighted by atomic mass is 10.6. The zero-order valence-corrected chi connectivity index (χ0v) is 7.19. The molecule has 2 atom stereocenters. The van der Waals surface area contributed by atoms with Crippen LogP contribution in [-0.4, -0.2) is 34.2 Å². The molecule has 1 fully saturated rings. The first kappa shape index (κ1) is 10.2. The number of thioether (sulfide) groups is 1. The molecule has 0 aromatic heterocycles. The van der Waals surface area contributed by atoms with Crippen LogP contribution in [0.2, 0.25) is 0 Å². The minimum atomic E-state index is -0.427. The Morgan fingerprint density at radius 2 is 2.00 bits per heavy atom. The van der Waals surface area contributed by atoms with Crippen LogP contribution in [0.15, 0.2) is 0 Å². The third-order valence-electron chi connectivity index (χ3n) is 0.975. The van der Waals surface area contributed by atoms with Crippen LogP contribution in [-0.2, 0) is 0 Å². The van der Waals surface area contributed by atoms with Crippen LogP contribution in [0.4, 0.5) is 0 Å². The molecule has 1 rings (SSSR count).